The Kier molecular flexibility index (Phi) is 5.03. The molecule has 1 nitrogen and oxygen atoms in total. The van der Waals surface area contributed by atoms with Crippen molar-refractivity contribution in [3.8, 4) is 0 Å². The first kappa shape index (κ1) is 12.9. The molecule has 0 bridgehead atoms. The van der Waals surface area contributed by atoms with Crippen LogP contribution in [-0.2, 0) is 0 Å². The van der Waals surface area contributed by atoms with Crippen LogP contribution in [0.4, 0.5) is 4.39 Å². The van der Waals surface area contributed by atoms with E-state index in [-0.39, 0.29) is 11.9 Å². The molecule has 0 aliphatic carbocycles. The molecule has 84 valence electrons. The normalized spacial score (nSPS) is 12.9. The molecule has 1 rings (SSSR count). The van der Waals surface area contributed by atoms with Gasteiger partial charge >= 0.3 is 0 Å². The molecular formula is C11H14BrClFN. The van der Waals surface area contributed by atoms with Crippen molar-refractivity contribution in [2.75, 3.05) is 6.54 Å². The Bertz CT molecular complexity index is 344. The first-order valence-corrected chi connectivity index (χ1v) is 6.15. The Balaban J connectivity index is 3.06. The van der Waals surface area contributed by atoms with Gasteiger partial charge in [-0.3, -0.25) is 0 Å². The zero-order valence-electron chi connectivity index (χ0n) is 8.78. The van der Waals surface area contributed by atoms with Crippen molar-refractivity contribution < 1.29 is 4.39 Å². The van der Waals surface area contributed by atoms with Gasteiger partial charge in [0.1, 0.15) is 5.82 Å². The molecule has 0 spiro atoms. The Labute approximate surface area is 103 Å². The minimum Gasteiger partial charge on any atom is -0.310 e. The molecule has 0 radical (unpaired) electrons. The van der Waals surface area contributed by atoms with Crippen molar-refractivity contribution in [2.45, 2.75) is 26.3 Å². The molecule has 0 amide bonds. The summed E-state index contributed by atoms with van der Waals surface area (Å²) in [5.41, 5.74) is 0.632. The third-order valence-electron chi connectivity index (χ3n) is 2.27. The van der Waals surface area contributed by atoms with Gasteiger partial charge in [-0.2, -0.15) is 0 Å². The van der Waals surface area contributed by atoms with Crippen LogP contribution in [0.15, 0.2) is 16.6 Å². The summed E-state index contributed by atoms with van der Waals surface area (Å²) in [4.78, 5) is 0. The molecule has 1 aromatic carbocycles. The first-order chi connectivity index (χ1) is 7.10. The highest BCUT2D eigenvalue weighted by atomic mass is 79.9. The van der Waals surface area contributed by atoms with Gasteiger partial charge < -0.3 is 5.32 Å². The predicted molar refractivity (Wildman–Crippen MR) is 65.8 cm³/mol. The van der Waals surface area contributed by atoms with Gasteiger partial charge in [0.25, 0.3) is 0 Å². The van der Waals surface area contributed by atoms with Crippen LogP contribution < -0.4 is 5.32 Å². The van der Waals surface area contributed by atoms with Crippen LogP contribution in [0.1, 0.15) is 31.9 Å². The van der Waals surface area contributed by atoms with Crippen LogP contribution in [0.25, 0.3) is 0 Å². The molecule has 0 saturated carbocycles. The van der Waals surface area contributed by atoms with Gasteiger partial charge in [-0.05, 0) is 41.0 Å². The minimum atomic E-state index is -0.223. The number of benzene rings is 1. The van der Waals surface area contributed by atoms with E-state index in [1.54, 1.807) is 6.07 Å². The van der Waals surface area contributed by atoms with Crippen molar-refractivity contribution in [2.24, 2.45) is 0 Å². The molecule has 1 unspecified atom stereocenters. The molecule has 1 N–H and O–H groups in total. The molecular weight excluding hydrogens is 280 g/mol. The van der Waals surface area contributed by atoms with E-state index in [9.17, 15) is 4.39 Å². The summed E-state index contributed by atoms with van der Waals surface area (Å²) in [6.45, 7) is 4.83. The summed E-state index contributed by atoms with van der Waals surface area (Å²) in [5.74, 6) is -0.223. The second-order valence-corrected chi connectivity index (χ2v) is 4.57. The maximum absolute atomic E-state index is 13.7. The third kappa shape index (κ3) is 3.16. The van der Waals surface area contributed by atoms with E-state index in [1.807, 2.05) is 13.8 Å². The van der Waals surface area contributed by atoms with Crippen LogP contribution in [-0.4, -0.2) is 6.54 Å². The largest absolute Gasteiger partial charge is 0.310 e. The summed E-state index contributed by atoms with van der Waals surface area (Å²) in [6.07, 6.45) is 0.836. The number of hydrogen-bond acceptors (Lipinski definition) is 1. The van der Waals surface area contributed by atoms with E-state index in [0.29, 0.717) is 15.1 Å². The maximum atomic E-state index is 13.7. The van der Waals surface area contributed by atoms with Crippen LogP contribution >= 0.6 is 27.5 Å². The summed E-state index contributed by atoms with van der Waals surface area (Å²) in [6, 6.07) is 3.12. The smallest absolute Gasteiger partial charge is 0.129 e. The molecule has 0 fully saturated rings. The molecule has 0 heterocycles. The van der Waals surface area contributed by atoms with Crippen molar-refractivity contribution in [1.82, 2.24) is 5.32 Å². The lowest BCUT2D eigenvalue weighted by Crippen LogP contribution is -2.21. The number of nitrogens with one attached hydrogen (secondary N) is 1. The molecule has 0 aliphatic rings. The van der Waals surface area contributed by atoms with Crippen molar-refractivity contribution in [3.63, 3.8) is 0 Å². The number of hydrogen-bond donors (Lipinski definition) is 1. The van der Waals surface area contributed by atoms with Gasteiger partial charge in [-0.1, -0.05) is 25.4 Å². The van der Waals surface area contributed by atoms with Gasteiger partial charge in [-0.25, -0.2) is 4.39 Å². The Hall–Kier alpha value is -0.120. The highest BCUT2D eigenvalue weighted by molar-refractivity contribution is 9.10. The van der Waals surface area contributed by atoms with E-state index < -0.39 is 0 Å². The highest BCUT2D eigenvalue weighted by Crippen LogP contribution is 2.29. The van der Waals surface area contributed by atoms with Gasteiger partial charge in [0.05, 0.1) is 5.02 Å². The Morgan fingerprint density at radius 1 is 1.47 bits per heavy atom. The van der Waals surface area contributed by atoms with Crippen molar-refractivity contribution in [3.05, 3.63) is 33.0 Å². The zero-order valence-corrected chi connectivity index (χ0v) is 11.1. The van der Waals surface area contributed by atoms with Crippen LogP contribution in [0, 0.1) is 5.82 Å². The third-order valence-corrected chi connectivity index (χ3v) is 3.47. The zero-order chi connectivity index (χ0) is 11.4. The van der Waals surface area contributed by atoms with Gasteiger partial charge in [-0.15, -0.1) is 0 Å². The number of halogens is 3. The van der Waals surface area contributed by atoms with Crippen LogP contribution in [0.3, 0.4) is 0 Å². The quantitative estimate of drug-likeness (QED) is 0.816. The lowest BCUT2D eigenvalue weighted by atomic mass is 10.0. The molecule has 0 aromatic heterocycles. The summed E-state index contributed by atoms with van der Waals surface area (Å²) in [7, 11) is 0. The average Bonchev–Trinajstić information content (AvgIpc) is 2.20. The van der Waals surface area contributed by atoms with E-state index in [1.165, 1.54) is 6.07 Å². The standard InChI is InChI=1S/C11H14BrClFN/c1-3-11(15-4-2)7-5-9(13)8(12)6-10(7)14/h5-6,11,15H,3-4H2,1-2H3. The lowest BCUT2D eigenvalue weighted by Gasteiger charge is -2.17. The fraction of sp³-hybridized carbons (Fsp3) is 0.455. The summed E-state index contributed by atoms with van der Waals surface area (Å²) in [5, 5.41) is 3.77. The average molecular weight is 295 g/mol. The Morgan fingerprint density at radius 2 is 2.13 bits per heavy atom. The van der Waals surface area contributed by atoms with Gasteiger partial charge in [0.2, 0.25) is 0 Å². The fourth-order valence-electron chi connectivity index (χ4n) is 1.53. The second kappa shape index (κ2) is 5.83. The topological polar surface area (TPSA) is 12.0 Å². The summed E-state index contributed by atoms with van der Waals surface area (Å²) >= 11 is 9.14. The van der Waals surface area contributed by atoms with Gasteiger partial charge in [0.15, 0.2) is 0 Å². The van der Waals surface area contributed by atoms with Crippen molar-refractivity contribution >= 4 is 27.5 Å². The van der Waals surface area contributed by atoms with Crippen LogP contribution in [0.5, 0.6) is 0 Å². The Morgan fingerprint density at radius 3 is 2.67 bits per heavy atom. The lowest BCUT2D eigenvalue weighted by molar-refractivity contribution is 0.501. The number of rotatable bonds is 4. The maximum Gasteiger partial charge on any atom is 0.129 e. The fourth-order valence-corrected chi connectivity index (χ4v) is 2.01. The SMILES string of the molecule is CCNC(CC)c1cc(Cl)c(Br)cc1F. The van der Waals surface area contributed by atoms with E-state index in [4.69, 9.17) is 11.6 Å². The molecule has 0 aliphatic heterocycles. The van der Waals surface area contributed by atoms with Gasteiger partial charge in [0, 0.05) is 16.1 Å². The first-order valence-electron chi connectivity index (χ1n) is 4.98. The molecule has 15 heavy (non-hydrogen) atoms. The van der Waals surface area contributed by atoms with Crippen LogP contribution in [0.2, 0.25) is 5.02 Å². The highest BCUT2D eigenvalue weighted by Gasteiger charge is 2.14. The van der Waals surface area contributed by atoms with E-state index >= 15 is 0 Å². The summed E-state index contributed by atoms with van der Waals surface area (Å²) < 4.78 is 14.3. The molecule has 1 aromatic rings. The van der Waals surface area contributed by atoms with E-state index in [0.717, 1.165) is 13.0 Å². The minimum absolute atomic E-state index is 0.0283. The molecule has 0 saturated heterocycles. The molecule has 4 heteroatoms. The van der Waals surface area contributed by atoms with E-state index in [2.05, 4.69) is 21.2 Å². The monoisotopic (exact) mass is 293 g/mol. The predicted octanol–water partition coefficient (Wildman–Crippen LogP) is 4.30. The second-order valence-electron chi connectivity index (χ2n) is 3.31. The van der Waals surface area contributed by atoms with Crippen molar-refractivity contribution in [1.29, 1.82) is 0 Å². The molecule has 1 atom stereocenters.